The lowest BCUT2D eigenvalue weighted by Crippen LogP contribution is -2.07. The molecule has 2 rings (SSSR count). The van der Waals surface area contributed by atoms with Crippen molar-refractivity contribution in [3.05, 3.63) is 57.3 Å². The van der Waals surface area contributed by atoms with Crippen LogP contribution in [0.15, 0.2) is 41.8 Å². The van der Waals surface area contributed by atoms with E-state index in [1.165, 1.54) is 18.2 Å². The molecular weight excluding hydrogens is 334 g/mol. The SMILES string of the molecule is O=C(O)c1ccc(NS(=O)(=O)/C=C/c2ccc(Cl)cc2)s1. The first-order valence-electron chi connectivity index (χ1n) is 5.65. The zero-order valence-electron chi connectivity index (χ0n) is 10.5. The van der Waals surface area contributed by atoms with Crippen LogP contribution in [0.25, 0.3) is 6.08 Å². The summed E-state index contributed by atoms with van der Waals surface area (Å²) in [6.45, 7) is 0. The molecule has 0 aliphatic carbocycles. The van der Waals surface area contributed by atoms with Gasteiger partial charge < -0.3 is 5.11 Å². The highest BCUT2D eigenvalue weighted by Gasteiger charge is 2.11. The second-order valence-corrected chi connectivity index (χ2v) is 7.06. The number of thiophene rings is 1. The van der Waals surface area contributed by atoms with Crippen molar-refractivity contribution in [2.45, 2.75) is 0 Å². The molecule has 0 saturated carbocycles. The van der Waals surface area contributed by atoms with Crippen LogP contribution in [0, 0.1) is 0 Å². The predicted octanol–water partition coefficient (Wildman–Crippen LogP) is 3.51. The summed E-state index contributed by atoms with van der Waals surface area (Å²) >= 11 is 6.59. The number of sulfonamides is 1. The minimum atomic E-state index is -3.70. The zero-order chi connectivity index (χ0) is 15.5. The molecule has 2 N–H and O–H groups in total. The fourth-order valence-corrected chi connectivity index (χ4v) is 3.41. The highest BCUT2D eigenvalue weighted by atomic mass is 35.5. The lowest BCUT2D eigenvalue weighted by Gasteiger charge is -2.00. The molecule has 0 spiro atoms. The third kappa shape index (κ3) is 4.59. The molecule has 0 aliphatic heterocycles. The Bertz CT molecular complexity index is 779. The van der Waals surface area contributed by atoms with Gasteiger partial charge in [-0.1, -0.05) is 23.7 Å². The van der Waals surface area contributed by atoms with Crippen LogP contribution in [0.5, 0.6) is 0 Å². The molecule has 21 heavy (non-hydrogen) atoms. The van der Waals surface area contributed by atoms with Crippen LogP contribution in [-0.2, 0) is 10.0 Å². The molecule has 0 saturated heterocycles. The average Bonchev–Trinajstić information content (AvgIpc) is 2.86. The number of benzene rings is 1. The van der Waals surface area contributed by atoms with Crippen molar-refractivity contribution < 1.29 is 18.3 Å². The van der Waals surface area contributed by atoms with E-state index in [4.69, 9.17) is 16.7 Å². The van der Waals surface area contributed by atoms with Crippen LogP contribution in [0.4, 0.5) is 5.00 Å². The number of aromatic carboxylic acids is 1. The Labute approximate surface area is 130 Å². The summed E-state index contributed by atoms with van der Waals surface area (Å²) in [6, 6.07) is 9.42. The van der Waals surface area contributed by atoms with Gasteiger partial charge in [-0.25, -0.2) is 13.2 Å². The second kappa shape index (κ2) is 6.30. The Morgan fingerprint density at radius 1 is 1.19 bits per heavy atom. The van der Waals surface area contributed by atoms with Crippen LogP contribution in [-0.4, -0.2) is 19.5 Å². The lowest BCUT2D eigenvalue weighted by molar-refractivity contribution is 0.0702. The standard InChI is InChI=1S/C13H10ClNO4S2/c14-10-3-1-9(2-4-10)7-8-21(18,19)15-12-6-5-11(20-12)13(16)17/h1-8,15H,(H,16,17)/b8-7+. The Kier molecular flexibility index (Phi) is 4.66. The van der Waals surface area contributed by atoms with Gasteiger partial charge in [0.05, 0.1) is 5.41 Å². The van der Waals surface area contributed by atoms with Gasteiger partial charge in [-0.05, 0) is 35.9 Å². The van der Waals surface area contributed by atoms with E-state index in [0.717, 1.165) is 16.7 Å². The number of carbonyl (C=O) groups is 1. The van der Waals surface area contributed by atoms with E-state index in [0.29, 0.717) is 10.6 Å². The number of hydrogen-bond acceptors (Lipinski definition) is 4. The Hall–Kier alpha value is -1.83. The van der Waals surface area contributed by atoms with Crippen molar-refractivity contribution >= 4 is 50.0 Å². The second-order valence-electron chi connectivity index (χ2n) is 3.97. The molecule has 0 amide bonds. The van der Waals surface area contributed by atoms with E-state index in [1.54, 1.807) is 24.3 Å². The molecule has 5 nitrogen and oxygen atoms in total. The van der Waals surface area contributed by atoms with Crippen LogP contribution in [0.2, 0.25) is 5.02 Å². The molecule has 0 aliphatic rings. The molecule has 2 aromatic rings. The topological polar surface area (TPSA) is 83.5 Å². The maximum Gasteiger partial charge on any atom is 0.345 e. The third-order valence-electron chi connectivity index (χ3n) is 2.37. The fourth-order valence-electron chi connectivity index (χ4n) is 1.42. The largest absolute Gasteiger partial charge is 0.477 e. The highest BCUT2D eigenvalue weighted by Crippen LogP contribution is 2.23. The first kappa shape index (κ1) is 15.6. The Morgan fingerprint density at radius 3 is 2.43 bits per heavy atom. The van der Waals surface area contributed by atoms with E-state index >= 15 is 0 Å². The number of hydrogen-bond donors (Lipinski definition) is 2. The van der Waals surface area contributed by atoms with Crippen molar-refractivity contribution in [1.82, 2.24) is 0 Å². The summed E-state index contributed by atoms with van der Waals surface area (Å²) in [5.74, 6) is -1.10. The lowest BCUT2D eigenvalue weighted by atomic mass is 10.2. The van der Waals surface area contributed by atoms with Crippen molar-refractivity contribution in [3.63, 3.8) is 0 Å². The first-order valence-corrected chi connectivity index (χ1v) is 8.39. The van der Waals surface area contributed by atoms with Gasteiger partial charge in [-0.3, -0.25) is 4.72 Å². The van der Waals surface area contributed by atoms with Crippen LogP contribution in [0.1, 0.15) is 15.2 Å². The molecule has 0 unspecified atom stereocenters. The van der Waals surface area contributed by atoms with Gasteiger partial charge in [-0.2, -0.15) is 0 Å². The summed E-state index contributed by atoms with van der Waals surface area (Å²) in [7, 11) is -3.70. The molecule has 0 atom stereocenters. The smallest absolute Gasteiger partial charge is 0.345 e. The molecule has 8 heteroatoms. The monoisotopic (exact) mass is 343 g/mol. The van der Waals surface area contributed by atoms with Gasteiger partial charge in [0.2, 0.25) is 0 Å². The molecule has 0 radical (unpaired) electrons. The fraction of sp³-hybridized carbons (Fsp3) is 0. The summed E-state index contributed by atoms with van der Waals surface area (Å²) in [5.41, 5.74) is 0.683. The molecule has 0 bridgehead atoms. The van der Waals surface area contributed by atoms with Crippen LogP contribution >= 0.6 is 22.9 Å². The minimum absolute atomic E-state index is 0.0642. The number of carboxylic acid groups (broad SMARTS) is 1. The van der Waals surface area contributed by atoms with E-state index in [-0.39, 0.29) is 9.88 Å². The number of rotatable bonds is 5. The van der Waals surface area contributed by atoms with Crippen molar-refractivity contribution in [1.29, 1.82) is 0 Å². The molecular formula is C13H10ClNO4S2. The minimum Gasteiger partial charge on any atom is -0.477 e. The quantitative estimate of drug-likeness (QED) is 0.870. The number of carboxylic acids is 1. The average molecular weight is 344 g/mol. The molecule has 0 fully saturated rings. The van der Waals surface area contributed by atoms with E-state index in [9.17, 15) is 13.2 Å². The highest BCUT2D eigenvalue weighted by molar-refractivity contribution is 7.95. The summed E-state index contributed by atoms with van der Waals surface area (Å²) in [6.07, 6.45) is 1.42. The maximum absolute atomic E-state index is 11.9. The van der Waals surface area contributed by atoms with E-state index in [1.807, 2.05) is 0 Å². The predicted molar refractivity (Wildman–Crippen MR) is 84.3 cm³/mol. The molecule has 1 aromatic carbocycles. The number of halogens is 1. The van der Waals surface area contributed by atoms with Crippen LogP contribution in [0.3, 0.4) is 0 Å². The van der Waals surface area contributed by atoms with E-state index < -0.39 is 16.0 Å². The first-order chi connectivity index (χ1) is 9.85. The third-order valence-corrected chi connectivity index (χ3v) is 4.74. The van der Waals surface area contributed by atoms with E-state index in [2.05, 4.69) is 4.72 Å². The van der Waals surface area contributed by atoms with Gasteiger partial charge in [0.1, 0.15) is 9.88 Å². The van der Waals surface area contributed by atoms with Gasteiger partial charge in [0, 0.05) is 5.02 Å². The summed E-state index contributed by atoms with van der Waals surface area (Å²) in [4.78, 5) is 10.8. The van der Waals surface area contributed by atoms with Crippen LogP contribution < -0.4 is 4.72 Å². The summed E-state index contributed by atoms with van der Waals surface area (Å²) in [5, 5.41) is 10.6. The Balaban J connectivity index is 2.10. The van der Waals surface area contributed by atoms with Gasteiger partial charge in [-0.15, -0.1) is 11.3 Å². The zero-order valence-corrected chi connectivity index (χ0v) is 12.9. The maximum atomic E-state index is 11.9. The number of nitrogens with one attached hydrogen (secondary N) is 1. The van der Waals surface area contributed by atoms with Gasteiger partial charge >= 0.3 is 5.97 Å². The van der Waals surface area contributed by atoms with Gasteiger partial charge in [0.25, 0.3) is 10.0 Å². The summed E-state index contributed by atoms with van der Waals surface area (Å²) < 4.78 is 26.0. The van der Waals surface area contributed by atoms with Crippen molar-refractivity contribution in [2.24, 2.45) is 0 Å². The van der Waals surface area contributed by atoms with Crippen molar-refractivity contribution in [3.8, 4) is 0 Å². The molecule has 1 heterocycles. The molecule has 1 aromatic heterocycles. The molecule has 110 valence electrons. The Morgan fingerprint density at radius 2 is 1.86 bits per heavy atom. The normalized spacial score (nSPS) is 11.7. The van der Waals surface area contributed by atoms with Gasteiger partial charge in [0.15, 0.2) is 0 Å². The number of anilines is 1. The van der Waals surface area contributed by atoms with Crippen molar-refractivity contribution in [2.75, 3.05) is 4.72 Å².